The molecule has 1 aromatic heterocycles. The molecule has 4 nitrogen and oxygen atoms in total. The molecule has 0 aliphatic carbocycles. The third kappa shape index (κ3) is 2.98. The van der Waals surface area contributed by atoms with Gasteiger partial charge < -0.3 is 9.05 Å². The summed E-state index contributed by atoms with van der Waals surface area (Å²) in [7, 11) is -3.63. The molecule has 15 heavy (non-hydrogen) atoms. The highest BCUT2D eigenvalue weighted by atomic mass is 32.1. The van der Waals surface area contributed by atoms with E-state index in [0.717, 1.165) is 0 Å². The van der Waals surface area contributed by atoms with Crippen LogP contribution in [0, 0.1) is 0 Å². The SMILES string of the molecule is CCOP(=O)(OCC)C(=O)c1cccs1. The molecule has 0 bridgehead atoms. The maximum Gasteiger partial charge on any atom is 0.402 e. The van der Waals surface area contributed by atoms with Crippen molar-refractivity contribution < 1.29 is 18.4 Å². The lowest BCUT2D eigenvalue weighted by Crippen LogP contribution is -2.06. The van der Waals surface area contributed by atoms with E-state index in [9.17, 15) is 9.36 Å². The first-order valence-corrected chi connectivity index (χ1v) is 7.03. The molecule has 1 rings (SSSR count). The highest BCUT2D eigenvalue weighted by Crippen LogP contribution is 2.51. The summed E-state index contributed by atoms with van der Waals surface area (Å²) < 4.78 is 21.9. The Bertz CT molecular complexity index is 350. The Hall–Kier alpha value is -0.480. The zero-order valence-electron chi connectivity index (χ0n) is 8.63. The minimum atomic E-state index is -3.63. The Morgan fingerprint density at radius 3 is 2.40 bits per heavy atom. The van der Waals surface area contributed by atoms with Gasteiger partial charge in [0.2, 0.25) is 0 Å². The van der Waals surface area contributed by atoms with Gasteiger partial charge in [0.25, 0.3) is 5.52 Å². The second-order valence-corrected chi connectivity index (χ2v) is 5.48. The van der Waals surface area contributed by atoms with Crippen LogP contribution in [0.15, 0.2) is 17.5 Å². The fourth-order valence-corrected chi connectivity index (χ4v) is 3.42. The molecule has 6 heteroatoms. The van der Waals surface area contributed by atoms with E-state index in [1.807, 2.05) is 0 Å². The molecule has 1 heterocycles. The van der Waals surface area contributed by atoms with Gasteiger partial charge in [0.15, 0.2) is 0 Å². The topological polar surface area (TPSA) is 52.6 Å². The number of thiophene rings is 1. The molecule has 0 amide bonds. The Morgan fingerprint density at radius 2 is 2.00 bits per heavy atom. The molecule has 84 valence electrons. The number of carbonyl (C=O) groups excluding carboxylic acids is 1. The van der Waals surface area contributed by atoms with E-state index in [-0.39, 0.29) is 13.2 Å². The fraction of sp³-hybridized carbons (Fsp3) is 0.444. The number of carbonyl (C=O) groups is 1. The van der Waals surface area contributed by atoms with Crippen LogP contribution < -0.4 is 0 Å². The lowest BCUT2D eigenvalue weighted by molar-refractivity contribution is 0.100. The number of hydrogen-bond donors (Lipinski definition) is 0. The Balaban J connectivity index is 2.90. The zero-order chi connectivity index (χ0) is 11.3. The van der Waals surface area contributed by atoms with Crippen LogP contribution in [-0.2, 0) is 13.6 Å². The minimum Gasteiger partial charge on any atom is -0.303 e. The molecular weight excluding hydrogens is 235 g/mol. The summed E-state index contributed by atoms with van der Waals surface area (Å²) in [5, 5.41) is 1.75. The van der Waals surface area contributed by atoms with Gasteiger partial charge in [-0.25, -0.2) is 0 Å². The van der Waals surface area contributed by atoms with Crippen molar-refractivity contribution in [3.8, 4) is 0 Å². The normalized spacial score (nSPS) is 11.6. The van der Waals surface area contributed by atoms with E-state index in [0.29, 0.717) is 4.88 Å². The second-order valence-electron chi connectivity index (χ2n) is 2.62. The Morgan fingerprint density at radius 1 is 1.40 bits per heavy atom. The second kappa shape index (κ2) is 5.56. The fourth-order valence-electron chi connectivity index (χ4n) is 1.03. The highest BCUT2D eigenvalue weighted by Gasteiger charge is 2.35. The van der Waals surface area contributed by atoms with Crippen LogP contribution in [0.4, 0.5) is 0 Å². The monoisotopic (exact) mass is 248 g/mol. The summed E-state index contributed by atoms with van der Waals surface area (Å²) in [6.07, 6.45) is 0. The molecule has 0 atom stereocenters. The molecule has 0 saturated carbocycles. The summed E-state index contributed by atoms with van der Waals surface area (Å²) in [6, 6.07) is 3.33. The van der Waals surface area contributed by atoms with E-state index in [4.69, 9.17) is 9.05 Å². The molecule has 0 fully saturated rings. The summed E-state index contributed by atoms with van der Waals surface area (Å²) in [5.74, 6) is 0. The first-order valence-electron chi connectivity index (χ1n) is 4.61. The van der Waals surface area contributed by atoms with Gasteiger partial charge in [0.05, 0.1) is 18.1 Å². The van der Waals surface area contributed by atoms with Gasteiger partial charge in [0.1, 0.15) is 0 Å². The van der Waals surface area contributed by atoms with Gasteiger partial charge in [-0.1, -0.05) is 6.07 Å². The summed E-state index contributed by atoms with van der Waals surface area (Å²) in [4.78, 5) is 12.2. The lowest BCUT2D eigenvalue weighted by atomic mass is 10.5. The van der Waals surface area contributed by atoms with E-state index in [1.54, 1.807) is 31.4 Å². The van der Waals surface area contributed by atoms with Crippen molar-refractivity contribution in [3.63, 3.8) is 0 Å². The molecular formula is C9H13O4PS. The van der Waals surface area contributed by atoms with Crippen molar-refractivity contribution in [2.75, 3.05) is 13.2 Å². The molecule has 0 unspecified atom stereocenters. The first-order chi connectivity index (χ1) is 7.14. The standard InChI is InChI=1S/C9H13O4PS/c1-3-12-14(11,13-4-2)9(10)8-6-5-7-15-8/h5-7H,3-4H2,1-2H3. The molecule has 0 N–H and O–H groups in total. The van der Waals surface area contributed by atoms with Crippen LogP contribution in [0.5, 0.6) is 0 Å². The smallest absolute Gasteiger partial charge is 0.303 e. The predicted molar refractivity (Wildman–Crippen MR) is 59.5 cm³/mol. The zero-order valence-corrected chi connectivity index (χ0v) is 10.3. The van der Waals surface area contributed by atoms with Gasteiger partial charge in [-0.05, 0) is 25.3 Å². The third-order valence-corrected chi connectivity index (χ3v) is 4.53. The predicted octanol–water partition coefficient (Wildman–Crippen LogP) is 3.15. The van der Waals surface area contributed by atoms with Crippen LogP contribution in [-0.4, -0.2) is 18.7 Å². The third-order valence-electron chi connectivity index (χ3n) is 1.58. The van der Waals surface area contributed by atoms with Crippen molar-refractivity contribution in [3.05, 3.63) is 22.4 Å². The van der Waals surface area contributed by atoms with Crippen molar-refractivity contribution in [2.45, 2.75) is 13.8 Å². The molecule has 0 aliphatic rings. The summed E-state index contributed by atoms with van der Waals surface area (Å²) >= 11 is 1.23. The van der Waals surface area contributed by atoms with Gasteiger partial charge in [-0.2, -0.15) is 0 Å². The maximum absolute atomic E-state index is 12.0. The van der Waals surface area contributed by atoms with E-state index in [2.05, 4.69) is 0 Å². The van der Waals surface area contributed by atoms with Crippen LogP contribution in [0.25, 0.3) is 0 Å². The average molecular weight is 248 g/mol. The average Bonchev–Trinajstić information content (AvgIpc) is 2.70. The maximum atomic E-state index is 12.0. The molecule has 0 aromatic carbocycles. The summed E-state index contributed by atoms with van der Waals surface area (Å²) in [6.45, 7) is 3.73. The quantitative estimate of drug-likeness (QED) is 0.725. The number of hydrogen-bond acceptors (Lipinski definition) is 5. The van der Waals surface area contributed by atoms with E-state index in [1.165, 1.54) is 11.3 Å². The van der Waals surface area contributed by atoms with Crippen molar-refractivity contribution >= 4 is 24.5 Å². The van der Waals surface area contributed by atoms with Gasteiger partial charge in [-0.3, -0.25) is 9.36 Å². The van der Waals surface area contributed by atoms with Gasteiger partial charge in [-0.15, -0.1) is 11.3 Å². The largest absolute Gasteiger partial charge is 0.402 e. The van der Waals surface area contributed by atoms with Crippen molar-refractivity contribution in [1.82, 2.24) is 0 Å². The Kier molecular flexibility index (Phi) is 4.67. The molecule has 0 spiro atoms. The molecule has 0 saturated heterocycles. The van der Waals surface area contributed by atoms with Crippen molar-refractivity contribution in [2.24, 2.45) is 0 Å². The minimum absolute atomic E-state index is 0.189. The van der Waals surface area contributed by atoms with Crippen LogP contribution in [0.3, 0.4) is 0 Å². The van der Waals surface area contributed by atoms with E-state index >= 15 is 0 Å². The van der Waals surface area contributed by atoms with E-state index < -0.39 is 13.1 Å². The summed E-state index contributed by atoms with van der Waals surface area (Å²) in [5.41, 5.74) is -0.554. The van der Waals surface area contributed by atoms with Gasteiger partial charge >= 0.3 is 7.60 Å². The van der Waals surface area contributed by atoms with Crippen LogP contribution >= 0.6 is 18.9 Å². The number of rotatable bonds is 6. The van der Waals surface area contributed by atoms with Crippen LogP contribution in [0.2, 0.25) is 0 Å². The lowest BCUT2D eigenvalue weighted by Gasteiger charge is -2.14. The molecule has 1 aromatic rings. The van der Waals surface area contributed by atoms with Gasteiger partial charge in [0, 0.05) is 0 Å². The van der Waals surface area contributed by atoms with Crippen LogP contribution in [0.1, 0.15) is 23.5 Å². The van der Waals surface area contributed by atoms with Crippen molar-refractivity contribution in [1.29, 1.82) is 0 Å². The highest BCUT2D eigenvalue weighted by molar-refractivity contribution is 7.73. The molecule has 0 aliphatic heterocycles. The first kappa shape index (κ1) is 12.6. The molecule has 0 radical (unpaired) electrons. The Labute approximate surface area is 92.7 Å².